The van der Waals surface area contributed by atoms with Gasteiger partial charge >= 0.3 is 19.8 Å². The van der Waals surface area contributed by atoms with Crippen molar-refractivity contribution in [3.05, 3.63) is 48.6 Å². The highest BCUT2D eigenvalue weighted by Crippen LogP contribution is 2.43. The first kappa shape index (κ1) is 76.0. The van der Waals surface area contributed by atoms with E-state index < -0.39 is 26.5 Å². The number of esters is 2. The average Bonchev–Trinajstić information content (AvgIpc) is 3.43. The third-order valence-electron chi connectivity index (χ3n) is 15.0. The predicted molar refractivity (Wildman–Crippen MR) is 335 cm³/mol. The maximum absolute atomic E-state index is 12.7. The largest absolute Gasteiger partial charge is 0.472 e. The number of hydrogen-bond acceptors (Lipinski definition) is 8. The van der Waals surface area contributed by atoms with Crippen molar-refractivity contribution in [2.75, 3.05) is 26.4 Å². The Kier molecular flexibility index (Phi) is 62.5. The summed E-state index contributed by atoms with van der Waals surface area (Å²) < 4.78 is 33.2. The fourth-order valence-corrected chi connectivity index (χ4v) is 10.8. The Bertz CT molecular complexity index is 1420. The van der Waals surface area contributed by atoms with E-state index in [2.05, 4.69) is 62.5 Å². The Morgan fingerprint density at radius 2 is 0.705 bits per heavy atom. The van der Waals surface area contributed by atoms with Gasteiger partial charge in [-0.15, -0.1) is 0 Å². The second-order valence-corrected chi connectivity index (χ2v) is 24.1. The summed E-state index contributed by atoms with van der Waals surface area (Å²) in [4.78, 5) is 35.3. The van der Waals surface area contributed by atoms with Crippen LogP contribution in [0.3, 0.4) is 0 Å². The Hall–Kier alpha value is -2.03. The number of carbonyl (C=O) groups excluding carboxylic acids is 2. The summed E-state index contributed by atoms with van der Waals surface area (Å²) in [7, 11) is -4.39. The SMILES string of the molecule is CC/C=C\C/C=C\C/C=C\C/C=C\CCCCCCCCCCCCCCCCCCCCCCCCC(=O)OC(COC(=O)CCCCCCCCCCCCCCCCCCCCCCCC)COP(=O)(O)OCCN. The molecule has 9 nitrogen and oxygen atoms in total. The van der Waals surface area contributed by atoms with Crippen molar-refractivity contribution < 1.29 is 37.6 Å². The molecule has 0 aliphatic carbocycles. The summed E-state index contributed by atoms with van der Waals surface area (Å²) >= 11 is 0. The fraction of sp³-hybridized carbons (Fsp3) is 0.853. The zero-order valence-electron chi connectivity index (χ0n) is 51.4. The first-order valence-electron chi connectivity index (χ1n) is 33.6. The molecule has 10 heteroatoms. The molecule has 2 atom stereocenters. The molecule has 0 rings (SSSR count). The van der Waals surface area contributed by atoms with Crippen LogP contribution in [-0.2, 0) is 32.7 Å². The van der Waals surface area contributed by atoms with E-state index in [1.54, 1.807) is 0 Å². The van der Waals surface area contributed by atoms with Gasteiger partial charge in [-0.1, -0.05) is 326 Å². The van der Waals surface area contributed by atoms with E-state index in [-0.39, 0.29) is 38.6 Å². The average molecular weight is 1120 g/mol. The van der Waals surface area contributed by atoms with Gasteiger partial charge in [-0.2, -0.15) is 0 Å². The van der Waals surface area contributed by atoms with Crippen LogP contribution in [0.2, 0.25) is 0 Å². The smallest absolute Gasteiger partial charge is 0.462 e. The van der Waals surface area contributed by atoms with E-state index in [1.807, 2.05) is 0 Å². The first-order chi connectivity index (χ1) is 38.3. The van der Waals surface area contributed by atoms with Crippen LogP contribution in [0.5, 0.6) is 0 Å². The molecule has 0 amide bonds. The van der Waals surface area contributed by atoms with Gasteiger partial charge < -0.3 is 20.1 Å². The summed E-state index contributed by atoms with van der Waals surface area (Å²) in [5.41, 5.74) is 5.40. The minimum absolute atomic E-state index is 0.0561. The normalized spacial score (nSPS) is 13.2. The van der Waals surface area contributed by atoms with Crippen LogP contribution >= 0.6 is 7.82 Å². The van der Waals surface area contributed by atoms with Crippen LogP contribution in [0.1, 0.15) is 341 Å². The molecule has 0 saturated heterocycles. The zero-order chi connectivity index (χ0) is 56.6. The van der Waals surface area contributed by atoms with Gasteiger partial charge in [0.25, 0.3) is 0 Å². The van der Waals surface area contributed by atoms with E-state index in [1.165, 1.54) is 250 Å². The van der Waals surface area contributed by atoms with Gasteiger partial charge in [0.2, 0.25) is 0 Å². The van der Waals surface area contributed by atoms with Crippen LogP contribution < -0.4 is 5.73 Å². The number of phosphoric ester groups is 1. The van der Waals surface area contributed by atoms with Crippen molar-refractivity contribution in [3.63, 3.8) is 0 Å². The number of hydrogen-bond donors (Lipinski definition) is 2. The van der Waals surface area contributed by atoms with Crippen molar-refractivity contribution in [3.8, 4) is 0 Å². The zero-order valence-corrected chi connectivity index (χ0v) is 52.3. The van der Waals surface area contributed by atoms with Crippen molar-refractivity contribution in [2.45, 2.75) is 347 Å². The molecule has 0 saturated carbocycles. The van der Waals surface area contributed by atoms with Gasteiger partial charge in [0.15, 0.2) is 6.10 Å². The number of allylic oxidation sites excluding steroid dienone is 8. The van der Waals surface area contributed by atoms with Crippen LogP contribution in [0, 0.1) is 0 Å². The highest BCUT2D eigenvalue weighted by molar-refractivity contribution is 7.47. The van der Waals surface area contributed by atoms with Crippen LogP contribution in [-0.4, -0.2) is 49.3 Å². The van der Waals surface area contributed by atoms with Crippen molar-refractivity contribution in [1.82, 2.24) is 0 Å². The molecular weight excluding hydrogens is 990 g/mol. The molecule has 0 fully saturated rings. The van der Waals surface area contributed by atoms with Crippen LogP contribution in [0.4, 0.5) is 0 Å². The maximum Gasteiger partial charge on any atom is 0.472 e. The van der Waals surface area contributed by atoms with Crippen molar-refractivity contribution in [1.29, 1.82) is 0 Å². The molecule has 0 aromatic carbocycles. The molecule has 458 valence electrons. The Balaban J connectivity index is 3.81. The molecule has 0 aliphatic heterocycles. The van der Waals surface area contributed by atoms with Gasteiger partial charge in [-0.05, 0) is 51.4 Å². The molecule has 0 aliphatic rings. The topological polar surface area (TPSA) is 134 Å². The second kappa shape index (κ2) is 64.1. The standard InChI is InChI=1S/C68H128NO8P/c1-3-5-7-9-11-13-15-17-19-21-23-25-27-28-29-30-31-32-33-34-35-36-37-38-39-41-43-45-47-49-51-53-55-57-59-61-68(71)77-66(65-76-78(72,73)75-63-62-69)64-74-67(70)60-58-56-54-52-50-48-46-44-42-40-26-24-22-20-18-16-14-12-10-8-6-4-2/h5,7,11,13,17,19,23,25,66H,3-4,6,8-10,12,14-16,18,20-22,24,26-65,69H2,1-2H3,(H,72,73)/b7-5-,13-11-,19-17-,25-23-. The van der Waals surface area contributed by atoms with E-state index in [0.29, 0.717) is 6.42 Å². The molecule has 0 aromatic rings. The van der Waals surface area contributed by atoms with Gasteiger partial charge in [-0.25, -0.2) is 4.57 Å². The minimum atomic E-state index is -4.39. The molecule has 3 N–H and O–H groups in total. The summed E-state index contributed by atoms with van der Waals surface area (Å²) in [6.07, 6.45) is 80.6. The number of carbonyl (C=O) groups is 2. The first-order valence-corrected chi connectivity index (χ1v) is 35.1. The van der Waals surface area contributed by atoms with Gasteiger partial charge in [0, 0.05) is 19.4 Å². The molecule has 78 heavy (non-hydrogen) atoms. The molecule has 0 aromatic heterocycles. The van der Waals surface area contributed by atoms with E-state index in [4.69, 9.17) is 24.3 Å². The lowest BCUT2D eigenvalue weighted by atomic mass is 10.0. The lowest BCUT2D eigenvalue weighted by Crippen LogP contribution is -2.29. The molecule has 0 bridgehead atoms. The molecule has 2 unspecified atom stereocenters. The monoisotopic (exact) mass is 1120 g/mol. The lowest BCUT2D eigenvalue weighted by molar-refractivity contribution is -0.161. The van der Waals surface area contributed by atoms with Crippen molar-refractivity contribution in [2.24, 2.45) is 5.73 Å². The summed E-state index contributed by atoms with van der Waals surface area (Å²) in [6.45, 7) is 3.70. The number of unbranched alkanes of at least 4 members (excludes halogenated alkanes) is 43. The Morgan fingerprint density at radius 3 is 1.05 bits per heavy atom. The molecule has 0 radical (unpaired) electrons. The van der Waals surface area contributed by atoms with Crippen LogP contribution in [0.25, 0.3) is 0 Å². The number of rotatable bonds is 64. The van der Waals surface area contributed by atoms with E-state index >= 15 is 0 Å². The van der Waals surface area contributed by atoms with Gasteiger partial charge in [0.1, 0.15) is 6.61 Å². The van der Waals surface area contributed by atoms with E-state index in [9.17, 15) is 19.0 Å². The van der Waals surface area contributed by atoms with E-state index in [0.717, 1.165) is 57.8 Å². The quantitative estimate of drug-likeness (QED) is 0.0264. The third kappa shape index (κ3) is 63.2. The highest BCUT2D eigenvalue weighted by Gasteiger charge is 2.26. The number of nitrogens with two attached hydrogens (primary N) is 1. The van der Waals surface area contributed by atoms with Crippen LogP contribution in [0.15, 0.2) is 48.6 Å². The number of ether oxygens (including phenoxy) is 2. The highest BCUT2D eigenvalue weighted by atomic mass is 31.2. The summed E-state index contributed by atoms with van der Waals surface area (Å²) in [6, 6.07) is 0. The Labute approximate surface area is 483 Å². The molecule has 0 heterocycles. The predicted octanol–water partition coefficient (Wildman–Crippen LogP) is 21.7. The second-order valence-electron chi connectivity index (χ2n) is 22.7. The maximum atomic E-state index is 12.7. The summed E-state index contributed by atoms with van der Waals surface area (Å²) in [5, 5.41) is 0. The third-order valence-corrected chi connectivity index (χ3v) is 16.0. The molecular formula is C68H128NO8P. The Morgan fingerprint density at radius 1 is 0.397 bits per heavy atom. The minimum Gasteiger partial charge on any atom is -0.462 e. The summed E-state index contributed by atoms with van der Waals surface area (Å²) in [5.74, 6) is -0.805. The molecule has 0 spiro atoms. The fourth-order valence-electron chi connectivity index (χ4n) is 10.0. The van der Waals surface area contributed by atoms with Gasteiger partial charge in [-0.3, -0.25) is 18.6 Å². The number of phosphoric acid groups is 1. The van der Waals surface area contributed by atoms with Crippen molar-refractivity contribution >= 4 is 19.8 Å². The lowest BCUT2D eigenvalue weighted by Gasteiger charge is -2.19. The van der Waals surface area contributed by atoms with Gasteiger partial charge in [0.05, 0.1) is 13.2 Å².